The van der Waals surface area contributed by atoms with Crippen molar-refractivity contribution in [3.63, 3.8) is 0 Å². The van der Waals surface area contributed by atoms with Gasteiger partial charge in [0.15, 0.2) is 0 Å². The highest BCUT2D eigenvalue weighted by atomic mass is 16.5. The predicted octanol–water partition coefficient (Wildman–Crippen LogP) is 1.51. The topological polar surface area (TPSA) is 64.6 Å². The highest BCUT2D eigenvalue weighted by Crippen LogP contribution is 1.98. The van der Waals surface area contributed by atoms with E-state index in [0.717, 1.165) is 13.0 Å². The van der Waals surface area contributed by atoms with Crippen LogP contribution in [0.3, 0.4) is 0 Å². The van der Waals surface area contributed by atoms with Gasteiger partial charge < -0.3 is 14.8 Å². The number of carbonyl (C=O) groups excluding carboxylic acids is 2. The van der Waals surface area contributed by atoms with Crippen molar-refractivity contribution < 1.29 is 19.1 Å². The summed E-state index contributed by atoms with van der Waals surface area (Å²) in [5.41, 5.74) is 0. The SMILES string of the molecule is CCOC(=O)CCC(=O)NCCOCCC(C)C. The molecule has 1 amide bonds. The molecule has 0 spiro atoms. The summed E-state index contributed by atoms with van der Waals surface area (Å²) in [6, 6.07) is 0. The fraction of sp³-hybridized carbons (Fsp3) is 0.846. The van der Waals surface area contributed by atoms with Crippen LogP contribution in [0, 0.1) is 5.92 Å². The molecular weight excluding hydrogens is 234 g/mol. The molecule has 0 aliphatic heterocycles. The van der Waals surface area contributed by atoms with E-state index in [4.69, 9.17) is 9.47 Å². The second-order valence-corrected chi connectivity index (χ2v) is 4.45. The zero-order valence-corrected chi connectivity index (χ0v) is 11.7. The lowest BCUT2D eigenvalue weighted by Crippen LogP contribution is -2.27. The van der Waals surface area contributed by atoms with Gasteiger partial charge in [-0.15, -0.1) is 0 Å². The van der Waals surface area contributed by atoms with Gasteiger partial charge in [0.2, 0.25) is 5.91 Å². The number of hydrogen-bond donors (Lipinski definition) is 1. The Kier molecular flexibility index (Phi) is 10.3. The van der Waals surface area contributed by atoms with Crippen LogP contribution in [0.15, 0.2) is 0 Å². The summed E-state index contributed by atoms with van der Waals surface area (Å²) < 4.78 is 10.1. The lowest BCUT2D eigenvalue weighted by atomic mass is 10.1. The first-order chi connectivity index (χ1) is 8.56. The van der Waals surface area contributed by atoms with E-state index in [9.17, 15) is 9.59 Å². The number of ether oxygens (including phenoxy) is 2. The highest BCUT2D eigenvalue weighted by molar-refractivity contribution is 5.81. The average Bonchev–Trinajstić information content (AvgIpc) is 2.31. The average molecular weight is 259 g/mol. The first kappa shape index (κ1) is 16.9. The summed E-state index contributed by atoms with van der Waals surface area (Å²) >= 11 is 0. The van der Waals surface area contributed by atoms with Gasteiger partial charge in [0.25, 0.3) is 0 Å². The monoisotopic (exact) mass is 259 g/mol. The molecule has 0 saturated carbocycles. The van der Waals surface area contributed by atoms with E-state index in [1.165, 1.54) is 0 Å². The highest BCUT2D eigenvalue weighted by Gasteiger charge is 2.06. The Labute approximate surface area is 109 Å². The molecule has 0 rings (SSSR count). The molecule has 0 aliphatic rings. The molecule has 106 valence electrons. The number of nitrogens with one attached hydrogen (secondary N) is 1. The number of hydrogen-bond acceptors (Lipinski definition) is 4. The van der Waals surface area contributed by atoms with Crippen LogP contribution in [-0.4, -0.2) is 38.2 Å². The van der Waals surface area contributed by atoms with Crippen molar-refractivity contribution in [3.05, 3.63) is 0 Å². The summed E-state index contributed by atoms with van der Waals surface area (Å²) in [5.74, 6) is 0.153. The lowest BCUT2D eigenvalue weighted by Gasteiger charge is -2.07. The van der Waals surface area contributed by atoms with Crippen molar-refractivity contribution in [3.8, 4) is 0 Å². The second kappa shape index (κ2) is 11.0. The van der Waals surface area contributed by atoms with E-state index >= 15 is 0 Å². The first-order valence-electron chi connectivity index (χ1n) is 6.56. The predicted molar refractivity (Wildman–Crippen MR) is 69.2 cm³/mol. The maximum absolute atomic E-state index is 11.3. The van der Waals surface area contributed by atoms with E-state index in [0.29, 0.717) is 25.7 Å². The number of carbonyl (C=O) groups is 2. The van der Waals surface area contributed by atoms with Gasteiger partial charge in [-0.05, 0) is 19.3 Å². The molecule has 5 nitrogen and oxygen atoms in total. The third-order valence-corrected chi connectivity index (χ3v) is 2.27. The molecule has 0 bridgehead atoms. The van der Waals surface area contributed by atoms with Crippen LogP contribution in [0.2, 0.25) is 0 Å². The van der Waals surface area contributed by atoms with Crippen LogP contribution in [0.4, 0.5) is 0 Å². The summed E-state index contributed by atoms with van der Waals surface area (Å²) in [5, 5.41) is 2.70. The summed E-state index contributed by atoms with van der Waals surface area (Å²) in [6.45, 7) is 8.09. The maximum atomic E-state index is 11.3. The Hall–Kier alpha value is -1.10. The van der Waals surface area contributed by atoms with Gasteiger partial charge in [-0.2, -0.15) is 0 Å². The van der Waals surface area contributed by atoms with Crippen LogP contribution in [0.25, 0.3) is 0 Å². The molecule has 0 aliphatic carbocycles. The van der Waals surface area contributed by atoms with Gasteiger partial charge in [0.1, 0.15) is 0 Å². The minimum Gasteiger partial charge on any atom is -0.466 e. The van der Waals surface area contributed by atoms with Crippen LogP contribution < -0.4 is 5.32 Å². The smallest absolute Gasteiger partial charge is 0.306 e. The minimum absolute atomic E-state index is 0.133. The van der Waals surface area contributed by atoms with Gasteiger partial charge >= 0.3 is 5.97 Å². The third kappa shape index (κ3) is 11.4. The Morgan fingerprint density at radius 3 is 2.50 bits per heavy atom. The molecular formula is C13H25NO4. The Morgan fingerprint density at radius 2 is 1.89 bits per heavy atom. The van der Waals surface area contributed by atoms with Gasteiger partial charge in [0, 0.05) is 19.6 Å². The van der Waals surface area contributed by atoms with Crippen LogP contribution in [0.5, 0.6) is 0 Å². The quantitative estimate of drug-likeness (QED) is 0.477. The number of esters is 1. The molecule has 0 saturated heterocycles. The minimum atomic E-state index is -0.333. The number of rotatable bonds is 10. The third-order valence-electron chi connectivity index (χ3n) is 2.27. The fourth-order valence-electron chi connectivity index (χ4n) is 1.22. The molecule has 5 heteroatoms. The van der Waals surface area contributed by atoms with Crippen molar-refractivity contribution in [2.45, 2.75) is 40.0 Å². The van der Waals surface area contributed by atoms with E-state index in [-0.39, 0.29) is 24.7 Å². The van der Waals surface area contributed by atoms with E-state index in [1.807, 2.05) is 0 Å². The molecule has 0 radical (unpaired) electrons. The van der Waals surface area contributed by atoms with E-state index < -0.39 is 0 Å². The zero-order valence-electron chi connectivity index (χ0n) is 11.7. The zero-order chi connectivity index (χ0) is 13.8. The summed E-state index contributed by atoms with van der Waals surface area (Å²) in [4.78, 5) is 22.3. The Morgan fingerprint density at radius 1 is 1.17 bits per heavy atom. The summed E-state index contributed by atoms with van der Waals surface area (Å²) in [6.07, 6.45) is 1.33. The van der Waals surface area contributed by atoms with Crippen molar-refractivity contribution in [2.75, 3.05) is 26.4 Å². The van der Waals surface area contributed by atoms with Crippen LogP contribution >= 0.6 is 0 Å². The van der Waals surface area contributed by atoms with Gasteiger partial charge in [0.05, 0.1) is 19.6 Å². The molecule has 18 heavy (non-hydrogen) atoms. The Bertz CT molecular complexity index is 241. The molecule has 1 N–H and O–H groups in total. The van der Waals surface area contributed by atoms with E-state index in [1.54, 1.807) is 6.92 Å². The normalized spacial score (nSPS) is 10.4. The molecule has 0 aromatic rings. The summed E-state index contributed by atoms with van der Waals surface area (Å²) in [7, 11) is 0. The molecule has 0 fully saturated rings. The maximum Gasteiger partial charge on any atom is 0.306 e. The largest absolute Gasteiger partial charge is 0.466 e. The first-order valence-corrected chi connectivity index (χ1v) is 6.56. The van der Waals surface area contributed by atoms with Crippen LogP contribution in [0.1, 0.15) is 40.0 Å². The van der Waals surface area contributed by atoms with Gasteiger partial charge in [-0.1, -0.05) is 13.8 Å². The van der Waals surface area contributed by atoms with Gasteiger partial charge in [-0.3, -0.25) is 9.59 Å². The lowest BCUT2D eigenvalue weighted by molar-refractivity contribution is -0.144. The van der Waals surface area contributed by atoms with Crippen molar-refractivity contribution >= 4 is 11.9 Å². The van der Waals surface area contributed by atoms with Gasteiger partial charge in [-0.25, -0.2) is 0 Å². The second-order valence-electron chi connectivity index (χ2n) is 4.45. The van der Waals surface area contributed by atoms with E-state index in [2.05, 4.69) is 19.2 Å². The van der Waals surface area contributed by atoms with Crippen molar-refractivity contribution in [2.24, 2.45) is 5.92 Å². The molecule has 0 heterocycles. The van der Waals surface area contributed by atoms with Crippen molar-refractivity contribution in [1.82, 2.24) is 5.32 Å². The number of amides is 1. The molecule has 0 unspecified atom stereocenters. The van der Waals surface area contributed by atoms with Crippen LogP contribution in [-0.2, 0) is 19.1 Å². The molecule has 0 aromatic carbocycles. The fourth-order valence-corrected chi connectivity index (χ4v) is 1.22. The van der Waals surface area contributed by atoms with Crippen molar-refractivity contribution in [1.29, 1.82) is 0 Å². The molecule has 0 atom stereocenters. The molecule has 0 aromatic heterocycles. The standard InChI is InChI=1S/C13H25NO4/c1-4-18-13(16)6-5-12(15)14-8-10-17-9-7-11(2)3/h11H,4-10H2,1-3H3,(H,14,15). The Balaban J connectivity index is 3.34.